The molecule has 3 N–H and O–H groups in total. The minimum Gasteiger partial charge on any atom is -0.385 e. The van der Waals surface area contributed by atoms with Crippen molar-refractivity contribution in [3.05, 3.63) is 0 Å². The molecule has 0 saturated heterocycles. The first-order valence-electron chi connectivity index (χ1n) is 4.12. The lowest BCUT2D eigenvalue weighted by Gasteiger charge is -2.29. The van der Waals surface area contributed by atoms with Gasteiger partial charge < -0.3 is 11.1 Å². The Labute approximate surface area is 72.2 Å². The molecule has 4 heteroatoms. The van der Waals surface area contributed by atoms with E-state index in [9.17, 15) is 4.79 Å². The van der Waals surface area contributed by atoms with Crippen LogP contribution < -0.4 is 11.1 Å². The summed E-state index contributed by atoms with van der Waals surface area (Å²) in [5, 5.41) is 2.73. The van der Waals surface area contributed by atoms with Gasteiger partial charge in [-0.1, -0.05) is 20.8 Å². The zero-order chi connectivity index (χ0) is 9.35. The first-order valence-corrected chi connectivity index (χ1v) is 4.12. The Hall–Kier alpha value is -1.06. The van der Waals surface area contributed by atoms with E-state index >= 15 is 0 Å². The van der Waals surface area contributed by atoms with E-state index in [4.69, 9.17) is 5.73 Å². The lowest BCUT2D eigenvalue weighted by molar-refractivity contribution is 0.238. The van der Waals surface area contributed by atoms with Gasteiger partial charge in [-0.25, -0.2) is 4.79 Å². The molecule has 0 fully saturated rings. The highest BCUT2D eigenvalue weighted by Gasteiger charge is 2.35. The SMILES string of the molecule is CCC(C)(C)C1NC(=O)N=C1N. The van der Waals surface area contributed by atoms with Crippen LogP contribution >= 0.6 is 0 Å². The van der Waals surface area contributed by atoms with E-state index < -0.39 is 0 Å². The van der Waals surface area contributed by atoms with Crippen molar-refractivity contribution in [2.45, 2.75) is 33.2 Å². The highest BCUT2D eigenvalue weighted by Crippen LogP contribution is 2.26. The van der Waals surface area contributed by atoms with E-state index in [0.29, 0.717) is 5.84 Å². The zero-order valence-corrected chi connectivity index (χ0v) is 7.72. The Morgan fingerprint density at radius 2 is 2.25 bits per heavy atom. The number of rotatable bonds is 2. The molecule has 0 aromatic heterocycles. The van der Waals surface area contributed by atoms with Crippen molar-refractivity contribution >= 4 is 11.9 Å². The van der Waals surface area contributed by atoms with Gasteiger partial charge in [-0.2, -0.15) is 4.99 Å². The minimum absolute atomic E-state index is 0.0141. The van der Waals surface area contributed by atoms with Gasteiger partial charge in [0.2, 0.25) is 0 Å². The molecule has 4 nitrogen and oxygen atoms in total. The van der Waals surface area contributed by atoms with Crippen LogP contribution in [0.2, 0.25) is 0 Å². The number of hydrogen-bond acceptors (Lipinski definition) is 2. The lowest BCUT2D eigenvalue weighted by atomic mass is 9.81. The molecule has 1 atom stereocenters. The summed E-state index contributed by atoms with van der Waals surface area (Å²) in [5.41, 5.74) is 5.58. The van der Waals surface area contributed by atoms with E-state index in [2.05, 4.69) is 31.1 Å². The summed E-state index contributed by atoms with van der Waals surface area (Å²) in [7, 11) is 0. The summed E-state index contributed by atoms with van der Waals surface area (Å²) < 4.78 is 0. The highest BCUT2D eigenvalue weighted by molar-refractivity contribution is 6.03. The minimum atomic E-state index is -0.320. The van der Waals surface area contributed by atoms with Gasteiger partial charge in [0, 0.05) is 0 Å². The molecule has 0 bridgehead atoms. The molecule has 1 unspecified atom stereocenters. The first-order chi connectivity index (χ1) is 5.47. The number of urea groups is 1. The fourth-order valence-corrected chi connectivity index (χ4v) is 1.21. The lowest BCUT2D eigenvalue weighted by Crippen LogP contribution is -2.47. The molecule has 0 aromatic rings. The van der Waals surface area contributed by atoms with Crippen molar-refractivity contribution in [2.75, 3.05) is 0 Å². The fourth-order valence-electron chi connectivity index (χ4n) is 1.21. The maximum Gasteiger partial charge on any atom is 0.343 e. The number of carbonyl (C=O) groups is 1. The monoisotopic (exact) mass is 169 g/mol. The maximum absolute atomic E-state index is 10.8. The fraction of sp³-hybridized carbons (Fsp3) is 0.750. The van der Waals surface area contributed by atoms with Gasteiger partial charge in [0.05, 0.1) is 6.04 Å². The van der Waals surface area contributed by atoms with E-state index in [1.54, 1.807) is 0 Å². The summed E-state index contributed by atoms with van der Waals surface area (Å²) >= 11 is 0. The number of amides is 2. The third-order valence-electron chi connectivity index (χ3n) is 2.49. The molecule has 0 spiro atoms. The van der Waals surface area contributed by atoms with Crippen LogP contribution in [0.3, 0.4) is 0 Å². The average Bonchev–Trinajstić information content (AvgIpc) is 2.31. The van der Waals surface area contributed by atoms with Gasteiger partial charge in [-0.15, -0.1) is 0 Å². The number of amidine groups is 1. The summed E-state index contributed by atoms with van der Waals surface area (Å²) in [6.45, 7) is 6.19. The molecular formula is C8H15N3O. The molecule has 0 aliphatic carbocycles. The largest absolute Gasteiger partial charge is 0.385 e. The van der Waals surface area contributed by atoms with Crippen LogP contribution in [0.4, 0.5) is 4.79 Å². The summed E-state index contributed by atoms with van der Waals surface area (Å²) in [6, 6.07) is -0.422. The Kier molecular flexibility index (Phi) is 2.08. The molecule has 0 radical (unpaired) electrons. The predicted octanol–water partition coefficient (Wildman–Crippen LogP) is 0.872. The summed E-state index contributed by atoms with van der Waals surface area (Å²) in [4.78, 5) is 14.5. The number of carbonyl (C=O) groups excluding carboxylic acids is 1. The van der Waals surface area contributed by atoms with Crippen LogP contribution in [0.5, 0.6) is 0 Å². The second kappa shape index (κ2) is 2.77. The van der Waals surface area contributed by atoms with Crippen LogP contribution in [0.1, 0.15) is 27.2 Å². The molecule has 12 heavy (non-hydrogen) atoms. The normalized spacial score (nSPS) is 23.8. The van der Waals surface area contributed by atoms with E-state index in [-0.39, 0.29) is 17.5 Å². The number of hydrogen-bond donors (Lipinski definition) is 2. The zero-order valence-electron chi connectivity index (χ0n) is 7.72. The molecule has 0 aromatic carbocycles. The van der Waals surface area contributed by atoms with Gasteiger partial charge in [0.15, 0.2) is 0 Å². The Balaban J connectivity index is 2.80. The molecule has 2 amide bonds. The van der Waals surface area contributed by atoms with Crippen molar-refractivity contribution in [2.24, 2.45) is 16.1 Å². The molecule has 1 aliphatic rings. The van der Waals surface area contributed by atoms with Crippen molar-refractivity contribution in [1.82, 2.24) is 5.32 Å². The summed E-state index contributed by atoms with van der Waals surface area (Å²) in [5.74, 6) is 0.409. The predicted molar refractivity (Wildman–Crippen MR) is 48.0 cm³/mol. The van der Waals surface area contributed by atoms with Gasteiger partial charge in [-0.05, 0) is 11.8 Å². The smallest absolute Gasteiger partial charge is 0.343 e. The molecule has 1 heterocycles. The van der Waals surface area contributed by atoms with Crippen molar-refractivity contribution in [1.29, 1.82) is 0 Å². The average molecular weight is 169 g/mol. The van der Waals surface area contributed by atoms with Gasteiger partial charge in [0.1, 0.15) is 5.84 Å². The third-order valence-corrected chi connectivity index (χ3v) is 2.49. The highest BCUT2D eigenvalue weighted by atomic mass is 16.2. The van der Waals surface area contributed by atoms with Crippen LogP contribution in [0.25, 0.3) is 0 Å². The Morgan fingerprint density at radius 1 is 1.67 bits per heavy atom. The van der Waals surface area contributed by atoms with Gasteiger partial charge in [0.25, 0.3) is 0 Å². The van der Waals surface area contributed by atoms with Crippen molar-refractivity contribution < 1.29 is 4.79 Å². The van der Waals surface area contributed by atoms with E-state index in [1.165, 1.54) is 0 Å². The standard InChI is InChI=1S/C8H15N3O/c1-4-8(2,3)5-6(9)11-7(12)10-5/h5H,4H2,1-3H3,(H3,9,10,11,12). The Bertz CT molecular complexity index is 232. The van der Waals surface area contributed by atoms with Crippen LogP contribution in [0, 0.1) is 5.41 Å². The van der Waals surface area contributed by atoms with Gasteiger partial charge in [-0.3, -0.25) is 0 Å². The molecule has 0 saturated carbocycles. The number of nitrogens with one attached hydrogen (secondary N) is 1. The maximum atomic E-state index is 10.8. The second-order valence-electron chi connectivity index (χ2n) is 3.76. The Morgan fingerprint density at radius 3 is 2.58 bits per heavy atom. The topological polar surface area (TPSA) is 67.5 Å². The second-order valence-corrected chi connectivity index (χ2v) is 3.76. The van der Waals surface area contributed by atoms with Crippen LogP contribution in [0.15, 0.2) is 4.99 Å². The van der Waals surface area contributed by atoms with Crippen molar-refractivity contribution in [3.63, 3.8) is 0 Å². The van der Waals surface area contributed by atoms with Crippen molar-refractivity contribution in [3.8, 4) is 0 Å². The molecule has 68 valence electrons. The van der Waals surface area contributed by atoms with Crippen LogP contribution in [-0.4, -0.2) is 17.9 Å². The number of aliphatic imine (C=N–C) groups is 1. The third kappa shape index (κ3) is 1.42. The van der Waals surface area contributed by atoms with Crippen LogP contribution in [-0.2, 0) is 0 Å². The molecular weight excluding hydrogens is 154 g/mol. The van der Waals surface area contributed by atoms with E-state index in [1.807, 2.05) is 0 Å². The van der Waals surface area contributed by atoms with E-state index in [0.717, 1.165) is 6.42 Å². The van der Waals surface area contributed by atoms with Gasteiger partial charge >= 0.3 is 6.03 Å². The number of nitrogens with two attached hydrogens (primary N) is 1. The number of nitrogens with zero attached hydrogens (tertiary/aromatic N) is 1. The quantitative estimate of drug-likeness (QED) is 0.644. The molecule has 1 aliphatic heterocycles. The summed E-state index contributed by atoms with van der Waals surface area (Å²) in [6.07, 6.45) is 0.953. The first kappa shape index (κ1) is 9.03. The molecule has 1 rings (SSSR count).